The quantitative estimate of drug-likeness (QED) is 0.519. The summed E-state index contributed by atoms with van der Waals surface area (Å²) < 4.78 is 60.7. The highest BCUT2D eigenvalue weighted by molar-refractivity contribution is 9.10. The summed E-state index contributed by atoms with van der Waals surface area (Å²) >= 11 is 3.09. The SMILES string of the molecule is CCCOc1cc(C(F)(F)F)c(C(=O)Nc2cc(Br)c(F)cc2N2CCN(C)[C@@H](C)C2)cn1. The van der Waals surface area contributed by atoms with Gasteiger partial charge in [0, 0.05) is 44.0 Å². The summed E-state index contributed by atoms with van der Waals surface area (Å²) in [5.74, 6) is -1.75. The zero-order valence-corrected chi connectivity index (χ0v) is 20.1. The average Bonchev–Trinajstić information content (AvgIpc) is 2.75. The number of alkyl halides is 3. The van der Waals surface area contributed by atoms with Gasteiger partial charge in [0.2, 0.25) is 5.88 Å². The molecule has 1 atom stereocenters. The van der Waals surface area contributed by atoms with Crippen LogP contribution in [0, 0.1) is 5.82 Å². The molecule has 2 aromatic rings. The van der Waals surface area contributed by atoms with E-state index < -0.39 is 29.0 Å². The Bertz CT molecular complexity index is 1020. The highest BCUT2D eigenvalue weighted by Crippen LogP contribution is 2.36. The van der Waals surface area contributed by atoms with Crippen LogP contribution in [0.4, 0.5) is 28.9 Å². The van der Waals surface area contributed by atoms with Gasteiger partial charge in [0.1, 0.15) is 5.82 Å². The third-order valence-corrected chi connectivity index (χ3v) is 6.08. The zero-order chi connectivity index (χ0) is 24.3. The lowest BCUT2D eigenvalue weighted by atomic mass is 10.1. The lowest BCUT2D eigenvalue weighted by Gasteiger charge is -2.39. The number of ether oxygens (including phenoxy) is 1. The molecule has 33 heavy (non-hydrogen) atoms. The fourth-order valence-electron chi connectivity index (χ4n) is 3.49. The third-order valence-electron chi connectivity index (χ3n) is 5.47. The Morgan fingerprint density at radius 1 is 1.30 bits per heavy atom. The molecular weight excluding hydrogens is 508 g/mol. The number of piperazine rings is 1. The van der Waals surface area contributed by atoms with E-state index in [9.17, 15) is 22.4 Å². The molecule has 2 heterocycles. The summed E-state index contributed by atoms with van der Waals surface area (Å²) in [6.07, 6.45) is -3.35. The van der Waals surface area contributed by atoms with E-state index in [1.807, 2.05) is 25.8 Å². The van der Waals surface area contributed by atoms with Crippen molar-refractivity contribution in [2.24, 2.45) is 0 Å². The van der Waals surface area contributed by atoms with Crippen molar-refractivity contribution in [3.8, 4) is 5.88 Å². The molecule has 1 saturated heterocycles. The highest BCUT2D eigenvalue weighted by atomic mass is 79.9. The van der Waals surface area contributed by atoms with Crippen LogP contribution in [0.3, 0.4) is 0 Å². The average molecular weight is 533 g/mol. The van der Waals surface area contributed by atoms with E-state index in [4.69, 9.17) is 4.74 Å². The number of likely N-dealkylation sites (N-methyl/N-ethyl adjacent to an activating group) is 1. The Labute approximate surface area is 198 Å². The van der Waals surface area contributed by atoms with Crippen molar-refractivity contribution in [3.63, 3.8) is 0 Å². The van der Waals surface area contributed by atoms with Crippen molar-refractivity contribution < 1.29 is 27.1 Å². The Balaban J connectivity index is 1.95. The number of carbonyl (C=O) groups is 1. The maximum Gasteiger partial charge on any atom is 0.417 e. The van der Waals surface area contributed by atoms with Crippen molar-refractivity contribution in [2.75, 3.05) is 43.5 Å². The first kappa shape index (κ1) is 25.2. The molecule has 3 rings (SSSR count). The Hall–Kier alpha value is -2.40. The smallest absolute Gasteiger partial charge is 0.417 e. The van der Waals surface area contributed by atoms with Gasteiger partial charge in [0.15, 0.2) is 0 Å². The first-order valence-electron chi connectivity index (χ1n) is 10.5. The molecule has 1 aliphatic heterocycles. The van der Waals surface area contributed by atoms with Gasteiger partial charge >= 0.3 is 6.18 Å². The molecule has 0 saturated carbocycles. The van der Waals surface area contributed by atoms with Crippen LogP contribution in [-0.2, 0) is 6.18 Å². The van der Waals surface area contributed by atoms with Gasteiger partial charge in [0.25, 0.3) is 5.91 Å². The molecule has 180 valence electrons. The standard InChI is InChI=1S/C22H25BrF4N4O2/c1-4-7-33-20-8-15(22(25,26)27)14(11-28-20)21(32)29-18-9-16(23)17(24)10-19(18)31-6-5-30(3)13(2)12-31/h8-11,13H,4-7,12H2,1-3H3,(H,29,32)/t13-/m0/s1. The first-order chi connectivity index (χ1) is 15.5. The van der Waals surface area contributed by atoms with Gasteiger partial charge < -0.3 is 19.9 Å². The Morgan fingerprint density at radius 3 is 2.67 bits per heavy atom. The minimum atomic E-state index is -4.79. The van der Waals surface area contributed by atoms with Gasteiger partial charge in [-0.1, -0.05) is 6.92 Å². The normalized spacial score (nSPS) is 17.2. The van der Waals surface area contributed by atoms with Gasteiger partial charge in [-0.15, -0.1) is 0 Å². The highest BCUT2D eigenvalue weighted by Gasteiger charge is 2.36. The van der Waals surface area contributed by atoms with Crippen molar-refractivity contribution in [3.05, 3.63) is 45.8 Å². The topological polar surface area (TPSA) is 57.7 Å². The number of nitrogens with one attached hydrogen (secondary N) is 1. The molecular formula is C22H25BrF4N4O2. The minimum absolute atomic E-state index is 0.0845. The van der Waals surface area contributed by atoms with E-state index in [-0.39, 0.29) is 28.7 Å². The first-order valence-corrected chi connectivity index (χ1v) is 11.3. The van der Waals surface area contributed by atoms with Crippen LogP contribution < -0.4 is 15.0 Å². The molecule has 0 unspecified atom stereocenters. The van der Waals surface area contributed by atoms with Crippen LogP contribution in [0.25, 0.3) is 0 Å². The molecule has 0 radical (unpaired) electrons. The van der Waals surface area contributed by atoms with Gasteiger partial charge in [0.05, 0.1) is 33.6 Å². The maximum atomic E-state index is 14.3. The van der Waals surface area contributed by atoms with Gasteiger partial charge in [-0.2, -0.15) is 13.2 Å². The van der Waals surface area contributed by atoms with E-state index in [1.54, 1.807) is 0 Å². The maximum absolute atomic E-state index is 14.3. The van der Waals surface area contributed by atoms with Gasteiger partial charge in [-0.3, -0.25) is 4.79 Å². The lowest BCUT2D eigenvalue weighted by Crippen LogP contribution is -2.50. The number of pyridine rings is 1. The largest absolute Gasteiger partial charge is 0.478 e. The van der Waals surface area contributed by atoms with Crippen molar-refractivity contribution in [1.82, 2.24) is 9.88 Å². The van der Waals surface area contributed by atoms with Crippen molar-refractivity contribution in [1.29, 1.82) is 0 Å². The number of halogens is 5. The fourth-order valence-corrected chi connectivity index (χ4v) is 3.84. The van der Waals surface area contributed by atoms with Crippen LogP contribution in [0.5, 0.6) is 5.88 Å². The van der Waals surface area contributed by atoms with Crippen LogP contribution >= 0.6 is 15.9 Å². The summed E-state index contributed by atoms with van der Waals surface area (Å²) in [6.45, 7) is 5.89. The van der Waals surface area contributed by atoms with Gasteiger partial charge in [-0.25, -0.2) is 9.37 Å². The Kier molecular flexibility index (Phi) is 7.84. The molecule has 1 fully saturated rings. The number of anilines is 2. The predicted molar refractivity (Wildman–Crippen MR) is 121 cm³/mol. The zero-order valence-electron chi connectivity index (χ0n) is 18.5. The van der Waals surface area contributed by atoms with E-state index in [2.05, 4.69) is 31.1 Å². The number of amides is 1. The second-order valence-electron chi connectivity index (χ2n) is 7.93. The molecule has 1 aliphatic rings. The van der Waals surface area contributed by atoms with Crippen LogP contribution in [0.15, 0.2) is 28.9 Å². The molecule has 11 heteroatoms. The van der Waals surface area contributed by atoms with Gasteiger partial charge in [-0.05, 0) is 42.4 Å². The molecule has 0 aliphatic carbocycles. The van der Waals surface area contributed by atoms with E-state index >= 15 is 0 Å². The number of hydrogen-bond acceptors (Lipinski definition) is 5. The van der Waals surface area contributed by atoms with Crippen LogP contribution in [0.1, 0.15) is 36.2 Å². The number of aromatic nitrogens is 1. The number of nitrogens with zero attached hydrogens (tertiary/aromatic N) is 3. The lowest BCUT2D eigenvalue weighted by molar-refractivity contribution is -0.138. The summed E-state index contributed by atoms with van der Waals surface area (Å²) in [6, 6.07) is 3.51. The van der Waals surface area contributed by atoms with E-state index in [1.165, 1.54) is 12.1 Å². The minimum Gasteiger partial charge on any atom is -0.478 e. The molecule has 6 nitrogen and oxygen atoms in total. The molecule has 0 bridgehead atoms. The number of benzene rings is 1. The van der Waals surface area contributed by atoms with E-state index in [0.29, 0.717) is 37.8 Å². The molecule has 1 aromatic heterocycles. The summed E-state index contributed by atoms with van der Waals surface area (Å²) in [4.78, 5) is 20.8. The monoisotopic (exact) mass is 532 g/mol. The molecule has 1 amide bonds. The van der Waals surface area contributed by atoms with Crippen LogP contribution in [-0.4, -0.2) is 55.1 Å². The predicted octanol–water partition coefficient (Wildman–Crippen LogP) is 5.18. The molecule has 1 N–H and O–H groups in total. The second kappa shape index (κ2) is 10.3. The fraction of sp³-hybridized carbons (Fsp3) is 0.455. The summed E-state index contributed by atoms with van der Waals surface area (Å²) in [7, 11) is 1.98. The number of carbonyl (C=O) groups excluding carboxylic acids is 1. The summed E-state index contributed by atoms with van der Waals surface area (Å²) in [5, 5.41) is 2.52. The molecule has 1 aromatic carbocycles. The molecule has 0 spiro atoms. The summed E-state index contributed by atoms with van der Waals surface area (Å²) in [5.41, 5.74) is -1.21. The third kappa shape index (κ3) is 5.94. The Morgan fingerprint density at radius 2 is 2.03 bits per heavy atom. The van der Waals surface area contributed by atoms with Crippen molar-refractivity contribution >= 4 is 33.2 Å². The number of hydrogen-bond donors (Lipinski definition) is 1. The van der Waals surface area contributed by atoms with Crippen LogP contribution in [0.2, 0.25) is 0 Å². The van der Waals surface area contributed by atoms with E-state index in [0.717, 1.165) is 6.20 Å². The van der Waals surface area contributed by atoms with Crippen molar-refractivity contribution in [2.45, 2.75) is 32.5 Å². The number of rotatable bonds is 6. The second-order valence-corrected chi connectivity index (χ2v) is 8.78.